The maximum absolute atomic E-state index is 12.5. The molecule has 0 radical (unpaired) electrons. The lowest BCUT2D eigenvalue weighted by atomic mass is 9.78. The highest BCUT2D eigenvalue weighted by Gasteiger charge is 2.41. The number of ether oxygens (including phenoxy) is 1. The van der Waals surface area contributed by atoms with Gasteiger partial charge in [0.25, 0.3) is 0 Å². The molecule has 0 saturated heterocycles. The number of sulfonamides is 1. The van der Waals surface area contributed by atoms with Crippen molar-refractivity contribution in [2.75, 3.05) is 13.7 Å². The van der Waals surface area contributed by atoms with E-state index in [1.54, 1.807) is 19.2 Å². The van der Waals surface area contributed by atoms with Crippen molar-refractivity contribution in [2.24, 2.45) is 0 Å². The summed E-state index contributed by atoms with van der Waals surface area (Å²) in [7, 11) is -1.87. The molecule has 4 nitrogen and oxygen atoms in total. The van der Waals surface area contributed by atoms with Gasteiger partial charge in [0, 0.05) is 7.11 Å². The summed E-state index contributed by atoms with van der Waals surface area (Å²) in [6.45, 7) is 2.39. The maximum atomic E-state index is 12.5. The van der Waals surface area contributed by atoms with Gasteiger partial charge in [-0.25, -0.2) is 13.1 Å². The minimum absolute atomic E-state index is 0.389. The van der Waals surface area contributed by atoms with Crippen LogP contribution in [0.2, 0.25) is 0 Å². The first-order chi connectivity index (χ1) is 9.03. The van der Waals surface area contributed by atoms with E-state index in [0.29, 0.717) is 17.9 Å². The molecule has 1 fully saturated rings. The first kappa shape index (κ1) is 14.5. The van der Waals surface area contributed by atoms with Crippen molar-refractivity contribution < 1.29 is 13.2 Å². The van der Waals surface area contributed by atoms with Gasteiger partial charge in [-0.15, -0.1) is 0 Å². The SMILES string of the molecule is CCc1ccccc1S(=O)(=O)NC1(COC)CCC1. The number of aryl methyl sites for hydroxylation is 1. The molecule has 0 unspecified atom stereocenters. The van der Waals surface area contributed by atoms with Crippen LogP contribution in [0.1, 0.15) is 31.7 Å². The molecule has 1 aromatic carbocycles. The summed E-state index contributed by atoms with van der Waals surface area (Å²) in [6.07, 6.45) is 3.43. The summed E-state index contributed by atoms with van der Waals surface area (Å²) in [5, 5.41) is 0. The Balaban J connectivity index is 2.27. The van der Waals surface area contributed by atoms with E-state index in [-0.39, 0.29) is 0 Å². The number of hydrogen-bond acceptors (Lipinski definition) is 3. The van der Waals surface area contributed by atoms with Gasteiger partial charge in [0.15, 0.2) is 0 Å². The summed E-state index contributed by atoms with van der Waals surface area (Å²) in [5.41, 5.74) is 0.441. The molecule has 1 N–H and O–H groups in total. The lowest BCUT2D eigenvalue weighted by Crippen LogP contribution is -2.56. The third-order valence-corrected chi connectivity index (χ3v) is 5.40. The Hall–Kier alpha value is -0.910. The van der Waals surface area contributed by atoms with Gasteiger partial charge in [0.1, 0.15) is 0 Å². The number of hydrogen-bond donors (Lipinski definition) is 1. The zero-order chi connectivity index (χ0) is 13.9. The van der Waals surface area contributed by atoms with Crippen LogP contribution in [0.15, 0.2) is 29.2 Å². The Morgan fingerprint density at radius 2 is 2.00 bits per heavy atom. The van der Waals surface area contributed by atoms with Crippen LogP contribution in [0.3, 0.4) is 0 Å². The van der Waals surface area contributed by atoms with E-state index in [9.17, 15) is 8.42 Å². The fourth-order valence-corrected chi connectivity index (χ4v) is 4.31. The first-order valence-electron chi connectivity index (χ1n) is 6.64. The maximum Gasteiger partial charge on any atom is 0.241 e. The van der Waals surface area contributed by atoms with Crippen molar-refractivity contribution in [1.29, 1.82) is 0 Å². The van der Waals surface area contributed by atoms with Crippen LogP contribution in [-0.4, -0.2) is 27.7 Å². The van der Waals surface area contributed by atoms with Gasteiger partial charge in [-0.3, -0.25) is 0 Å². The molecule has 0 heterocycles. The van der Waals surface area contributed by atoms with Crippen LogP contribution in [0, 0.1) is 0 Å². The predicted molar refractivity (Wildman–Crippen MR) is 74.6 cm³/mol. The minimum atomic E-state index is -3.47. The lowest BCUT2D eigenvalue weighted by Gasteiger charge is -2.41. The van der Waals surface area contributed by atoms with Crippen LogP contribution < -0.4 is 4.72 Å². The summed E-state index contributed by atoms with van der Waals surface area (Å²) in [4.78, 5) is 0.389. The van der Waals surface area contributed by atoms with E-state index in [0.717, 1.165) is 24.8 Å². The fraction of sp³-hybridized carbons (Fsp3) is 0.571. The molecule has 1 saturated carbocycles. The number of nitrogens with one attached hydrogen (secondary N) is 1. The third-order valence-electron chi connectivity index (χ3n) is 3.73. The summed E-state index contributed by atoms with van der Waals surface area (Å²) < 4.78 is 33.1. The van der Waals surface area contributed by atoms with E-state index in [4.69, 9.17) is 4.74 Å². The quantitative estimate of drug-likeness (QED) is 0.870. The standard InChI is InChI=1S/C14H21NO3S/c1-3-12-7-4-5-8-13(12)19(16,17)15-14(11-18-2)9-6-10-14/h4-5,7-8,15H,3,6,9-11H2,1-2H3. The van der Waals surface area contributed by atoms with Crippen molar-refractivity contribution in [3.63, 3.8) is 0 Å². The van der Waals surface area contributed by atoms with E-state index < -0.39 is 15.6 Å². The van der Waals surface area contributed by atoms with Crippen LogP contribution in [0.5, 0.6) is 0 Å². The molecule has 2 rings (SSSR count). The van der Waals surface area contributed by atoms with Crippen molar-refractivity contribution >= 4 is 10.0 Å². The highest BCUT2D eigenvalue weighted by Crippen LogP contribution is 2.34. The Bertz CT molecular complexity index is 535. The summed E-state index contributed by atoms with van der Waals surface area (Å²) in [6, 6.07) is 7.16. The van der Waals surface area contributed by atoms with Crippen LogP contribution in [0.4, 0.5) is 0 Å². The molecule has 0 atom stereocenters. The molecule has 5 heteroatoms. The van der Waals surface area contributed by atoms with Gasteiger partial charge in [-0.05, 0) is 37.3 Å². The average molecular weight is 283 g/mol. The topological polar surface area (TPSA) is 55.4 Å². The highest BCUT2D eigenvalue weighted by molar-refractivity contribution is 7.89. The third kappa shape index (κ3) is 2.99. The number of methoxy groups -OCH3 is 1. The normalized spacial score (nSPS) is 18.0. The predicted octanol–water partition coefficient (Wildman–Crippen LogP) is 2.10. The van der Waals surface area contributed by atoms with Crippen LogP contribution >= 0.6 is 0 Å². The second-order valence-corrected chi connectivity index (χ2v) is 6.78. The Labute approximate surface area is 115 Å². The lowest BCUT2D eigenvalue weighted by molar-refractivity contribution is 0.0729. The monoisotopic (exact) mass is 283 g/mol. The molecule has 1 aliphatic rings. The van der Waals surface area contributed by atoms with Crippen molar-refractivity contribution in [3.8, 4) is 0 Å². The molecular weight excluding hydrogens is 262 g/mol. The van der Waals surface area contributed by atoms with Gasteiger partial charge in [0.2, 0.25) is 10.0 Å². The van der Waals surface area contributed by atoms with Crippen molar-refractivity contribution in [3.05, 3.63) is 29.8 Å². The van der Waals surface area contributed by atoms with E-state index in [2.05, 4.69) is 4.72 Å². The van der Waals surface area contributed by atoms with E-state index in [1.807, 2.05) is 19.1 Å². The van der Waals surface area contributed by atoms with Crippen LogP contribution in [-0.2, 0) is 21.2 Å². The first-order valence-corrected chi connectivity index (χ1v) is 8.12. The molecule has 0 spiro atoms. The van der Waals surface area contributed by atoms with Gasteiger partial charge in [0.05, 0.1) is 17.0 Å². The largest absolute Gasteiger partial charge is 0.383 e. The second-order valence-electron chi connectivity index (χ2n) is 5.13. The van der Waals surface area contributed by atoms with Gasteiger partial charge in [-0.2, -0.15) is 0 Å². The zero-order valence-corrected chi connectivity index (χ0v) is 12.3. The molecule has 1 aliphatic carbocycles. The molecule has 0 amide bonds. The van der Waals surface area contributed by atoms with Crippen molar-refractivity contribution in [1.82, 2.24) is 4.72 Å². The number of benzene rings is 1. The van der Waals surface area contributed by atoms with E-state index in [1.165, 1.54) is 0 Å². The van der Waals surface area contributed by atoms with Gasteiger partial charge < -0.3 is 4.74 Å². The van der Waals surface area contributed by atoms with Gasteiger partial charge >= 0.3 is 0 Å². The molecule has 19 heavy (non-hydrogen) atoms. The summed E-state index contributed by atoms with van der Waals surface area (Å²) >= 11 is 0. The Morgan fingerprint density at radius 3 is 2.53 bits per heavy atom. The smallest absolute Gasteiger partial charge is 0.241 e. The fourth-order valence-electron chi connectivity index (χ4n) is 2.55. The zero-order valence-electron chi connectivity index (χ0n) is 11.5. The van der Waals surface area contributed by atoms with Crippen molar-refractivity contribution in [2.45, 2.75) is 43.0 Å². The molecule has 0 aromatic heterocycles. The van der Waals surface area contributed by atoms with Crippen LogP contribution in [0.25, 0.3) is 0 Å². The Morgan fingerprint density at radius 1 is 1.32 bits per heavy atom. The minimum Gasteiger partial charge on any atom is -0.383 e. The molecule has 0 aliphatic heterocycles. The number of rotatable bonds is 6. The highest BCUT2D eigenvalue weighted by atomic mass is 32.2. The average Bonchev–Trinajstić information content (AvgIpc) is 2.36. The van der Waals surface area contributed by atoms with E-state index >= 15 is 0 Å². The molecule has 106 valence electrons. The summed E-state index contributed by atoms with van der Waals surface area (Å²) in [5.74, 6) is 0. The molecule has 0 bridgehead atoms. The Kier molecular flexibility index (Phi) is 4.28. The molecule has 1 aromatic rings. The molecular formula is C14H21NO3S. The van der Waals surface area contributed by atoms with Gasteiger partial charge in [-0.1, -0.05) is 25.1 Å². The second kappa shape index (κ2) is 5.61.